The van der Waals surface area contributed by atoms with Crippen LogP contribution in [-0.2, 0) is 0 Å². The van der Waals surface area contributed by atoms with Crippen LogP contribution in [0.3, 0.4) is 0 Å². The van der Waals surface area contributed by atoms with Gasteiger partial charge < -0.3 is 9.84 Å². The van der Waals surface area contributed by atoms with Crippen LogP contribution in [0.5, 0.6) is 11.6 Å². The lowest BCUT2D eigenvalue weighted by molar-refractivity contribution is 0.0696. The number of para-hydroxylation sites is 1. The van der Waals surface area contributed by atoms with Crippen molar-refractivity contribution in [3.8, 4) is 11.6 Å². The summed E-state index contributed by atoms with van der Waals surface area (Å²) in [6.07, 6.45) is 2.97. The molecule has 104 valence electrons. The van der Waals surface area contributed by atoms with Crippen LogP contribution in [0.4, 0.5) is 0 Å². The minimum Gasteiger partial charge on any atom is -0.478 e. The van der Waals surface area contributed by atoms with E-state index in [-0.39, 0.29) is 17.2 Å². The van der Waals surface area contributed by atoms with Gasteiger partial charge in [-0.3, -0.25) is 4.98 Å². The Labute approximate surface area is 120 Å². The molecule has 6 nitrogen and oxygen atoms in total. The molecule has 3 rings (SSSR count). The van der Waals surface area contributed by atoms with Crippen molar-refractivity contribution in [2.24, 2.45) is 0 Å². The third-order valence-electron chi connectivity index (χ3n) is 2.94. The van der Waals surface area contributed by atoms with Gasteiger partial charge in [0.1, 0.15) is 5.56 Å². The topological polar surface area (TPSA) is 85.2 Å². The Balaban J connectivity index is 2.14. The number of carbonyl (C=O) groups is 1. The highest BCUT2D eigenvalue weighted by atomic mass is 16.5. The molecule has 0 aliphatic heterocycles. The number of hydrogen-bond donors (Lipinski definition) is 1. The maximum Gasteiger partial charge on any atom is 0.340 e. The lowest BCUT2D eigenvalue weighted by Crippen LogP contribution is -2.03. The second kappa shape index (κ2) is 5.16. The van der Waals surface area contributed by atoms with Crippen LogP contribution in [0.2, 0.25) is 0 Å². The van der Waals surface area contributed by atoms with Crippen LogP contribution in [0, 0.1) is 6.92 Å². The van der Waals surface area contributed by atoms with E-state index < -0.39 is 5.97 Å². The van der Waals surface area contributed by atoms with Crippen LogP contribution in [-0.4, -0.2) is 26.3 Å². The number of aryl methyl sites for hydroxylation is 1. The quantitative estimate of drug-likeness (QED) is 0.794. The molecule has 0 bridgehead atoms. The second-order valence-electron chi connectivity index (χ2n) is 4.49. The molecule has 21 heavy (non-hydrogen) atoms. The normalized spacial score (nSPS) is 10.5. The lowest BCUT2D eigenvalue weighted by atomic mass is 10.1. The monoisotopic (exact) mass is 281 g/mol. The highest BCUT2D eigenvalue weighted by Crippen LogP contribution is 2.29. The molecular weight excluding hydrogens is 270 g/mol. The summed E-state index contributed by atoms with van der Waals surface area (Å²) in [7, 11) is 0. The van der Waals surface area contributed by atoms with Crippen molar-refractivity contribution < 1.29 is 14.6 Å². The zero-order valence-electron chi connectivity index (χ0n) is 11.1. The van der Waals surface area contributed by atoms with Gasteiger partial charge in [0.25, 0.3) is 0 Å². The van der Waals surface area contributed by atoms with Crippen molar-refractivity contribution in [3.63, 3.8) is 0 Å². The molecule has 0 spiro atoms. The van der Waals surface area contributed by atoms with Crippen LogP contribution in [0.1, 0.15) is 15.9 Å². The molecule has 0 aliphatic carbocycles. The Kier molecular flexibility index (Phi) is 3.19. The number of carboxylic acid groups (broad SMARTS) is 1. The number of ether oxygens (including phenoxy) is 1. The zero-order chi connectivity index (χ0) is 14.8. The highest BCUT2D eigenvalue weighted by Gasteiger charge is 2.17. The average Bonchev–Trinajstić information content (AvgIpc) is 2.46. The number of aromatic carboxylic acids is 1. The predicted molar refractivity (Wildman–Crippen MR) is 75.5 cm³/mol. The van der Waals surface area contributed by atoms with Gasteiger partial charge >= 0.3 is 5.97 Å². The number of fused-ring (bicyclic) bond motifs is 1. The molecule has 1 N–H and O–H groups in total. The standard InChI is InChI=1S/C15H11N3O3/c1-9-6-13(18-17-7-9)21-12-8-16-11-5-3-2-4-10(11)14(12)15(19)20/h2-8H,1H3,(H,19,20). The van der Waals surface area contributed by atoms with Gasteiger partial charge in [-0.1, -0.05) is 18.2 Å². The summed E-state index contributed by atoms with van der Waals surface area (Å²) < 4.78 is 5.54. The first kappa shape index (κ1) is 13.0. The van der Waals surface area contributed by atoms with Gasteiger partial charge in [-0.25, -0.2) is 4.79 Å². The van der Waals surface area contributed by atoms with Crippen molar-refractivity contribution >= 4 is 16.9 Å². The largest absolute Gasteiger partial charge is 0.478 e. The van der Waals surface area contributed by atoms with Crippen molar-refractivity contribution in [3.05, 3.63) is 53.9 Å². The molecule has 2 heterocycles. The molecule has 0 fully saturated rings. The molecule has 2 aromatic heterocycles. The van der Waals surface area contributed by atoms with Gasteiger partial charge in [-0.2, -0.15) is 5.10 Å². The fourth-order valence-corrected chi connectivity index (χ4v) is 2.02. The van der Waals surface area contributed by atoms with Crippen LogP contribution in [0.25, 0.3) is 10.9 Å². The average molecular weight is 281 g/mol. The van der Waals surface area contributed by atoms with Crippen LogP contribution >= 0.6 is 0 Å². The molecule has 6 heteroatoms. The van der Waals surface area contributed by atoms with Crippen molar-refractivity contribution in [2.45, 2.75) is 6.92 Å². The molecule has 0 saturated carbocycles. The zero-order valence-corrected chi connectivity index (χ0v) is 11.1. The van der Waals surface area contributed by atoms with E-state index in [1.807, 2.05) is 6.92 Å². The summed E-state index contributed by atoms with van der Waals surface area (Å²) in [5.74, 6) is -0.708. The number of carboxylic acids is 1. The molecule has 0 radical (unpaired) electrons. The molecule has 0 aliphatic rings. The number of pyridine rings is 1. The van der Waals surface area contributed by atoms with Crippen molar-refractivity contribution in [2.75, 3.05) is 0 Å². The van der Waals surface area contributed by atoms with Crippen LogP contribution in [0.15, 0.2) is 42.7 Å². The molecule has 3 aromatic rings. The first-order valence-electron chi connectivity index (χ1n) is 6.23. The number of nitrogens with zero attached hydrogens (tertiary/aromatic N) is 3. The van der Waals surface area contributed by atoms with E-state index in [2.05, 4.69) is 15.2 Å². The third kappa shape index (κ3) is 2.51. The van der Waals surface area contributed by atoms with Crippen molar-refractivity contribution in [1.82, 2.24) is 15.2 Å². The van der Waals surface area contributed by atoms with Gasteiger partial charge in [0.15, 0.2) is 5.75 Å². The summed E-state index contributed by atoms with van der Waals surface area (Å²) in [6, 6.07) is 8.67. The molecule has 0 saturated heterocycles. The fourth-order valence-electron chi connectivity index (χ4n) is 2.02. The van der Waals surface area contributed by atoms with Crippen LogP contribution < -0.4 is 4.74 Å². The third-order valence-corrected chi connectivity index (χ3v) is 2.94. The minimum absolute atomic E-state index is 0.0592. The summed E-state index contributed by atoms with van der Waals surface area (Å²) in [5, 5.41) is 17.6. The Morgan fingerprint density at radius 3 is 2.81 bits per heavy atom. The maximum absolute atomic E-state index is 11.5. The number of aromatic nitrogens is 3. The molecule has 1 aromatic carbocycles. The molecule has 0 atom stereocenters. The minimum atomic E-state index is -1.08. The summed E-state index contributed by atoms with van der Waals surface area (Å²) >= 11 is 0. The summed E-state index contributed by atoms with van der Waals surface area (Å²) in [5.41, 5.74) is 1.52. The van der Waals surface area contributed by atoms with E-state index in [0.29, 0.717) is 10.9 Å². The SMILES string of the molecule is Cc1cnnc(Oc2cnc3ccccc3c2C(=O)O)c1. The van der Waals surface area contributed by atoms with Gasteiger partial charge in [0.05, 0.1) is 17.9 Å². The lowest BCUT2D eigenvalue weighted by Gasteiger charge is -2.09. The van der Waals surface area contributed by atoms with E-state index in [1.165, 1.54) is 6.20 Å². The molecule has 0 amide bonds. The Morgan fingerprint density at radius 1 is 1.24 bits per heavy atom. The number of hydrogen-bond acceptors (Lipinski definition) is 5. The highest BCUT2D eigenvalue weighted by molar-refractivity contribution is 6.04. The molecule has 0 unspecified atom stereocenters. The Hall–Kier alpha value is -3.02. The van der Waals surface area contributed by atoms with Gasteiger partial charge in [0.2, 0.25) is 5.88 Å². The van der Waals surface area contributed by atoms with Gasteiger partial charge in [-0.15, -0.1) is 5.10 Å². The van der Waals surface area contributed by atoms with E-state index in [1.54, 1.807) is 36.5 Å². The van der Waals surface area contributed by atoms with Gasteiger partial charge in [0, 0.05) is 11.5 Å². The Morgan fingerprint density at radius 2 is 2.05 bits per heavy atom. The van der Waals surface area contributed by atoms with E-state index in [0.717, 1.165) is 5.56 Å². The van der Waals surface area contributed by atoms with Crippen molar-refractivity contribution in [1.29, 1.82) is 0 Å². The first-order valence-corrected chi connectivity index (χ1v) is 6.23. The van der Waals surface area contributed by atoms with E-state index >= 15 is 0 Å². The second-order valence-corrected chi connectivity index (χ2v) is 4.49. The number of benzene rings is 1. The fraction of sp³-hybridized carbons (Fsp3) is 0.0667. The maximum atomic E-state index is 11.5. The first-order chi connectivity index (χ1) is 10.1. The van der Waals surface area contributed by atoms with Gasteiger partial charge in [-0.05, 0) is 18.6 Å². The van der Waals surface area contributed by atoms with E-state index in [9.17, 15) is 9.90 Å². The Bertz CT molecular complexity index is 833. The predicted octanol–water partition coefficient (Wildman–Crippen LogP) is 2.82. The van der Waals surface area contributed by atoms with E-state index in [4.69, 9.17) is 4.74 Å². The molecular formula is C15H11N3O3. The smallest absolute Gasteiger partial charge is 0.340 e. The summed E-state index contributed by atoms with van der Waals surface area (Å²) in [4.78, 5) is 15.8. The summed E-state index contributed by atoms with van der Waals surface area (Å²) in [6.45, 7) is 1.85. The number of rotatable bonds is 3.